The maximum absolute atomic E-state index is 13.4. The molecule has 0 saturated heterocycles. The van der Waals surface area contributed by atoms with Gasteiger partial charge in [-0.2, -0.15) is 0 Å². The van der Waals surface area contributed by atoms with E-state index < -0.39 is 5.97 Å². The number of hydrogen-bond acceptors (Lipinski definition) is 3. The molecule has 0 bridgehead atoms. The number of rotatable bonds is 7. The van der Waals surface area contributed by atoms with Crippen LogP contribution in [0.3, 0.4) is 0 Å². The summed E-state index contributed by atoms with van der Waals surface area (Å²) in [5.41, 5.74) is 2.78. The highest BCUT2D eigenvalue weighted by Gasteiger charge is 2.21. The molecule has 1 aliphatic rings. The maximum atomic E-state index is 13.4. The second-order valence-corrected chi connectivity index (χ2v) is 7.56. The summed E-state index contributed by atoms with van der Waals surface area (Å²) in [5.74, 6) is -0.687. The first-order chi connectivity index (χ1) is 14.0. The van der Waals surface area contributed by atoms with Crippen LogP contribution in [0.2, 0.25) is 0 Å². The fraction of sp³-hybridized carbons (Fsp3) is 0.478. The van der Waals surface area contributed by atoms with Gasteiger partial charge in [0, 0.05) is 30.4 Å². The van der Waals surface area contributed by atoms with Gasteiger partial charge in [-0.25, -0.2) is 9.18 Å². The summed E-state index contributed by atoms with van der Waals surface area (Å²) >= 11 is 0. The first-order valence-corrected chi connectivity index (χ1v) is 10.4. The molecule has 0 aliphatic heterocycles. The lowest BCUT2D eigenvalue weighted by Crippen LogP contribution is -2.36. The molecule has 1 aliphatic carbocycles. The Morgan fingerprint density at radius 1 is 1.17 bits per heavy atom. The molecular formula is C23H29FN2O3. The minimum absolute atomic E-state index is 0.0211. The number of benzene rings is 1. The summed E-state index contributed by atoms with van der Waals surface area (Å²) in [6.45, 7) is 4.34. The Kier molecular flexibility index (Phi) is 7.07. The number of aromatic nitrogens is 1. The molecule has 0 unspecified atom stereocenters. The number of halogens is 1. The zero-order chi connectivity index (χ0) is 20.8. The standard InChI is InChI=1S/C23H29FN2O3/c1-3-29-23(28)20-15-21(17-9-11-18(24)12-10-17)26(16(20)2)14-13-22(27)25-19-7-5-4-6-8-19/h9-12,15,19H,3-8,13-14H2,1-2H3,(H,25,27). The third-order valence-corrected chi connectivity index (χ3v) is 5.53. The summed E-state index contributed by atoms with van der Waals surface area (Å²) in [5, 5.41) is 3.13. The van der Waals surface area contributed by atoms with Gasteiger partial charge in [-0.15, -0.1) is 0 Å². The van der Waals surface area contributed by atoms with Crippen molar-refractivity contribution in [1.82, 2.24) is 9.88 Å². The maximum Gasteiger partial charge on any atom is 0.339 e. The largest absolute Gasteiger partial charge is 0.462 e. The van der Waals surface area contributed by atoms with Crippen LogP contribution >= 0.6 is 0 Å². The summed E-state index contributed by atoms with van der Waals surface area (Å²) < 4.78 is 20.5. The molecule has 1 saturated carbocycles. The van der Waals surface area contributed by atoms with Crippen molar-refractivity contribution in [3.63, 3.8) is 0 Å². The number of hydrogen-bond donors (Lipinski definition) is 1. The van der Waals surface area contributed by atoms with E-state index in [2.05, 4.69) is 5.32 Å². The van der Waals surface area contributed by atoms with Crippen molar-refractivity contribution in [2.75, 3.05) is 6.61 Å². The van der Waals surface area contributed by atoms with E-state index in [1.54, 1.807) is 25.1 Å². The van der Waals surface area contributed by atoms with Gasteiger partial charge in [0.15, 0.2) is 0 Å². The van der Waals surface area contributed by atoms with Gasteiger partial charge in [0.2, 0.25) is 5.91 Å². The molecule has 0 radical (unpaired) electrons. The van der Waals surface area contributed by atoms with Gasteiger partial charge in [-0.1, -0.05) is 19.3 Å². The number of nitrogens with one attached hydrogen (secondary N) is 1. The molecule has 1 aromatic heterocycles. The molecule has 156 valence electrons. The second kappa shape index (κ2) is 9.72. The van der Waals surface area contributed by atoms with E-state index in [1.165, 1.54) is 31.4 Å². The van der Waals surface area contributed by atoms with Crippen LogP contribution in [-0.2, 0) is 16.1 Å². The molecule has 1 heterocycles. The average molecular weight is 400 g/mol. The van der Waals surface area contributed by atoms with E-state index in [-0.39, 0.29) is 17.8 Å². The van der Waals surface area contributed by atoms with E-state index in [9.17, 15) is 14.0 Å². The fourth-order valence-electron chi connectivity index (χ4n) is 3.97. The Morgan fingerprint density at radius 3 is 2.52 bits per heavy atom. The molecule has 1 fully saturated rings. The van der Waals surface area contributed by atoms with Gasteiger partial charge in [0.25, 0.3) is 0 Å². The van der Waals surface area contributed by atoms with Crippen LogP contribution in [0.5, 0.6) is 0 Å². The molecule has 29 heavy (non-hydrogen) atoms. The van der Waals surface area contributed by atoms with Crippen LogP contribution in [0, 0.1) is 12.7 Å². The zero-order valence-electron chi connectivity index (χ0n) is 17.2. The molecule has 0 atom stereocenters. The smallest absolute Gasteiger partial charge is 0.339 e. The number of carbonyl (C=O) groups is 2. The Bertz CT molecular complexity index is 852. The molecule has 5 nitrogen and oxygen atoms in total. The summed E-state index contributed by atoms with van der Waals surface area (Å²) in [6, 6.07) is 8.17. The molecule has 0 spiro atoms. The monoisotopic (exact) mass is 400 g/mol. The van der Waals surface area contributed by atoms with Gasteiger partial charge < -0.3 is 14.6 Å². The lowest BCUT2D eigenvalue weighted by Gasteiger charge is -2.23. The van der Waals surface area contributed by atoms with Crippen LogP contribution in [0.25, 0.3) is 11.3 Å². The highest BCUT2D eigenvalue weighted by molar-refractivity contribution is 5.92. The number of nitrogens with zero attached hydrogens (tertiary/aromatic N) is 1. The van der Waals surface area contributed by atoms with Crippen molar-refractivity contribution in [2.45, 2.75) is 65.0 Å². The fourth-order valence-corrected chi connectivity index (χ4v) is 3.97. The number of esters is 1. The van der Waals surface area contributed by atoms with Crippen molar-refractivity contribution in [3.8, 4) is 11.3 Å². The van der Waals surface area contributed by atoms with Crippen molar-refractivity contribution in [3.05, 3.63) is 47.4 Å². The summed E-state index contributed by atoms with van der Waals surface area (Å²) in [6.07, 6.45) is 5.98. The normalized spacial score (nSPS) is 14.6. The predicted molar refractivity (Wildman–Crippen MR) is 110 cm³/mol. The quantitative estimate of drug-likeness (QED) is 0.690. The van der Waals surface area contributed by atoms with E-state index in [0.29, 0.717) is 25.1 Å². The minimum atomic E-state index is -0.390. The SMILES string of the molecule is CCOC(=O)c1cc(-c2ccc(F)cc2)n(CCC(=O)NC2CCCCC2)c1C. The van der Waals surface area contributed by atoms with Crippen LogP contribution in [0.1, 0.15) is 61.5 Å². The van der Waals surface area contributed by atoms with Crippen molar-refractivity contribution >= 4 is 11.9 Å². The zero-order valence-corrected chi connectivity index (χ0v) is 17.2. The van der Waals surface area contributed by atoms with Gasteiger partial charge in [0.1, 0.15) is 5.82 Å². The van der Waals surface area contributed by atoms with E-state index in [0.717, 1.165) is 29.8 Å². The van der Waals surface area contributed by atoms with Crippen molar-refractivity contribution in [2.24, 2.45) is 0 Å². The van der Waals surface area contributed by atoms with E-state index in [1.807, 2.05) is 11.5 Å². The van der Waals surface area contributed by atoms with Crippen LogP contribution in [0.15, 0.2) is 30.3 Å². The average Bonchev–Trinajstić information content (AvgIpc) is 3.04. The summed E-state index contributed by atoms with van der Waals surface area (Å²) in [4.78, 5) is 24.8. The molecule has 2 aromatic rings. The number of amides is 1. The van der Waals surface area contributed by atoms with Crippen LogP contribution in [0.4, 0.5) is 4.39 Å². The molecular weight excluding hydrogens is 371 g/mol. The third kappa shape index (κ3) is 5.25. The van der Waals surface area contributed by atoms with Gasteiger partial charge in [0.05, 0.1) is 12.2 Å². The van der Waals surface area contributed by atoms with Crippen LogP contribution in [-0.4, -0.2) is 29.1 Å². The van der Waals surface area contributed by atoms with Crippen LogP contribution < -0.4 is 5.32 Å². The van der Waals surface area contributed by atoms with Gasteiger partial charge >= 0.3 is 5.97 Å². The van der Waals surface area contributed by atoms with E-state index in [4.69, 9.17) is 4.74 Å². The first-order valence-electron chi connectivity index (χ1n) is 10.4. The first kappa shape index (κ1) is 21.1. The van der Waals surface area contributed by atoms with Gasteiger partial charge in [-0.05, 0) is 62.6 Å². The Balaban J connectivity index is 1.80. The Morgan fingerprint density at radius 2 is 1.86 bits per heavy atom. The van der Waals surface area contributed by atoms with Crippen molar-refractivity contribution in [1.29, 1.82) is 0 Å². The molecule has 1 amide bonds. The second-order valence-electron chi connectivity index (χ2n) is 7.56. The highest BCUT2D eigenvalue weighted by Crippen LogP contribution is 2.27. The lowest BCUT2D eigenvalue weighted by atomic mass is 9.95. The lowest BCUT2D eigenvalue weighted by molar-refractivity contribution is -0.122. The molecule has 3 rings (SSSR count). The number of ether oxygens (including phenoxy) is 1. The van der Waals surface area contributed by atoms with Gasteiger partial charge in [-0.3, -0.25) is 4.79 Å². The number of carbonyl (C=O) groups excluding carboxylic acids is 2. The topological polar surface area (TPSA) is 60.3 Å². The highest BCUT2D eigenvalue weighted by atomic mass is 19.1. The Labute approximate surface area is 171 Å². The van der Waals surface area contributed by atoms with E-state index >= 15 is 0 Å². The predicted octanol–water partition coefficient (Wildman–Crippen LogP) is 4.62. The molecule has 1 aromatic carbocycles. The summed E-state index contributed by atoms with van der Waals surface area (Å²) in [7, 11) is 0. The Hall–Kier alpha value is -2.63. The third-order valence-electron chi connectivity index (χ3n) is 5.53. The van der Waals surface area contributed by atoms with Crippen molar-refractivity contribution < 1.29 is 18.7 Å². The molecule has 6 heteroatoms. The molecule has 1 N–H and O–H groups in total. The minimum Gasteiger partial charge on any atom is -0.462 e.